The summed E-state index contributed by atoms with van der Waals surface area (Å²) >= 11 is 3.92. The zero-order valence-corrected chi connectivity index (χ0v) is 34.2. The first-order valence-corrected chi connectivity index (χ1v) is 17.6. The second-order valence-corrected chi connectivity index (χ2v) is 17.3. The molecule has 5 fully saturated rings. The van der Waals surface area contributed by atoms with Crippen molar-refractivity contribution in [3.8, 4) is 0 Å². The number of aliphatic carboxylic acids is 2. The summed E-state index contributed by atoms with van der Waals surface area (Å²) in [6.07, 6.45) is 6.06. The van der Waals surface area contributed by atoms with Gasteiger partial charge < -0.3 is 51.2 Å². The molecule has 48 heavy (non-hydrogen) atoms. The van der Waals surface area contributed by atoms with E-state index in [4.69, 9.17) is 16.3 Å². The summed E-state index contributed by atoms with van der Waals surface area (Å²) < 4.78 is -1.26. The third-order valence-corrected chi connectivity index (χ3v) is 12.6. The number of thioether (sulfide) groups is 2. The van der Waals surface area contributed by atoms with Crippen molar-refractivity contribution in [2.75, 3.05) is 5.73 Å². The van der Waals surface area contributed by atoms with Crippen LogP contribution in [0.3, 0.4) is 0 Å². The number of carbonyl (C=O) groups excluding carboxylic acids is 5. The molecule has 0 spiro atoms. The van der Waals surface area contributed by atoms with Crippen LogP contribution in [0.5, 0.6) is 0 Å². The molecule has 5 heterocycles. The van der Waals surface area contributed by atoms with Gasteiger partial charge in [-0.25, -0.2) is 4.98 Å². The van der Waals surface area contributed by atoms with Crippen LogP contribution in [0.1, 0.15) is 71.9 Å². The third-order valence-electron chi connectivity index (χ3n) is 8.73. The molecule has 1 aromatic rings. The number of aromatic nitrogens is 1. The van der Waals surface area contributed by atoms with E-state index in [0.29, 0.717) is 0 Å². The number of carboxylic acid groups (broad SMARTS) is 2. The van der Waals surface area contributed by atoms with Gasteiger partial charge in [0.2, 0.25) is 11.8 Å². The molecule has 0 radical (unpaired) electrons. The summed E-state index contributed by atoms with van der Waals surface area (Å²) in [7, 11) is 0. The molecule has 6 rings (SSSR count). The van der Waals surface area contributed by atoms with Gasteiger partial charge in [-0.15, -0.1) is 34.9 Å². The summed E-state index contributed by atoms with van der Waals surface area (Å²) in [6.45, 7) is 7.06. The zero-order chi connectivity index (χ0) is 33.7. The predicted octanol–water partition coefficient (Wildman–Crippen LogP) is -7.40. The van der Waals surface area contributed by atoms with Crippen molar-refractivity contribution >= 4 is 75.4 Å². The van der Waals surface area contributed by atoms with E-state index in [1.165, 1.54) is 44.7 Å². The molecule has 5 aliphatic rings. The van der Waals surface area contributed by atoms with E-state index in [2.05, 4.69) is 15.5 Å². The van der Waals surface area contributed by atoms with Gasteiger partial charge in [0.15, 0.2) is 10.8 Å². The first kappa shape index (κ1) is 41.3. The maximum Gasteiger partial charge on any atom is 1.00 e. The first-order valence-electron chi connectivity index (χ1n) is 15.0. The topological polar surface area (TPSA) is 236 Å². The summed E-state index contributed by atoms with van der Waals surface area (Å²) in [5.74, 6) is -3.87. The van der Waals surface area contributed by atoms with Gasteiger partial charge in [0.1, 0.15) is 34.6 Å². The average Bonchev–Trinajstić information content (AvgIpc) is 3.50. The van der Waals surface area contributed by atoms with Gasteiger partial charge in [0.05, 0.1) is 24.0 Å². The molecule has 20 heteroatoms. The molecular weight excluding hydrogens is 705 g/mol. The number of hydrogen-bond acceptors (Lipinski definition) is 15. The van der Waals surface area contributed by atoms with E-state index in [1.54, 1.807) is 33.1 Å². The van der Waals surface area contributed by atoms with Gasteiger partial charge in [-0.2, -0.15) is 0 Å². The molecule has 0 bridgehead atoms. The number of nitrogens with zero attached hydrogens (tertiary/aromatic N) is 4. The Bertz CT molecular complexity index is 1460. The van der Waals surface area contributed by atoms with Crippen LogP contribution in [0.25, 0.3) is 0 Å². The summed E-state index contributed by atoms with van der Waals surface area (Å²) in [5.41, 5.74) is 11.5. The van der Waals surface area contributed by atoms with Crippen molar-refractivity contribution < 1.29 is 98.1 Å². The molecule has 1 saturated carbocycles. The molecule has 0 unspecified atom stereocenters. The van der Waals surface area contributed by atoms with Crippen molar-refractivity contribution in [1.29, 1.82) is 0 Å². The van der Waals surface area contributed by atoms with E-state index >= 15 is 0 Å². The van der Waals surface area contributed by atoms with Crippen molar-refractivity contribution in [1.82, 2.24) is 20.1 Å². The molecule has 4 saturated heterocycles. The fourth-order valence-corrected chi connectivity index (χ4v) is 10.2. The van der Waals surface area contributed by atoms with Crippen LogP contribution in [0.2, 0.25) is 0 Å². The average molecular weight is 742 g/mol. The second kappa shape index (κ2) is 16.1. The number of nitrogen functional groups attached to an aromatic ring is 1. The molecule has 3 amide bonds. The van der Waals surface area contributed by atoms with Crippen LogP contribution in [-0.4, -0.2) is 101 Å². The van der Waals surface area contributed by atoms with Crippen LogP contribution < -0.4 is 86.1 Å². The number of amides is 3. The van der Waals surface area contributed by atoms with E-state index in [1.807, 2.05) is 0 Å². The van der Waals surface area contributed by atoms with Crippen molar-refractivity contribution in [2.24, 2.45) is 10.9 Å². The Morgan fingerprint density at radius 1 is 0.938 bits per heavy atom. The van der Waals surface area contributed by atoms with Gasteiger partial charge in [0, 0.05) is 14.9 Å². The molecule has 1 aromatic heterocycles. The van der Waals surface area contributed by atoms with Crippen molar-refractivity contribution in [2.45, 2.75) is 117 Å². The minimum Gasteiger partial charge on any atom is -0.548 e. The van der Waals surface area contributed by atoms with Gasteiger partial charge >= 0.3 is 59.1 Å². The fraction of sp³-hybridized carbons (Fsp3) is 0.679. The first-order chi connectivity index (χ1) is 21.5. The maximum atomic E-state index is 13.1. The Morgan fingerprint density at radius 3 is 1.96 bits per heavy atom. The van der Waals surface area contributed by atoms with E-state index in [9.17, 15) is 34.2 Å². The number of oxime groups is 1. The van der Waals surface area contributed by atoms with Crippen LogP contribution in [-0.2, 0) is 28.8 Å². The van der Waals surface area contributed by atoms with Gasteiger partial charge in [-0.05, 0) is 53.4 Å². The number of nitrogens with one attached hydrogen (secondary N) is 1. The predicted molar refractivity (Wildman–Crippen MR) is 168 cm³/mol. The summed E-state index contributed by atoms with van der Waals surface area (Å²) in [4.78, 5) is 72.1. The van der Waals surface area contributed by atoms with E-state index < -0.39 is 62.8 Å². The quantitative estimate of drug-likeness (QED) is 0.0776. The monoisotopic (exact) mass is 741 g/mol. The smallest absolute Gasteiger partial charge is 0.548 e. The summed E-state index contributed by atoms with van der Waals surface area (Å²) in [6, 6.07) is -3.33. The third kappa shape index (κ3) is 8.02. The Morgan fingerprint density at radius 2 is 1.46 bits per heavy atom. The Hall–Kier alpha value is -1.09. The minimum atomic E-state index is -1.31. The number of fused-ring (bicyclic) bond motifs is 2. The van der Waals surface area contributed by atoms with Gasteiger partial charge in [0.25, 0.3) is 5.91 Å². The largest absolute Gasteiger partial charge is 1.00 e. The van der Waals surface area contributed by atoms with E-state index in [0.717, 1.165) is 38.5 Å². The zero-order valence-electron chi connectivity index (χ0n) is 27.8. The number of anilines is 1. The molecule has 6 atom stereocenters. The normalized spacial score (nSPS) is 30.1. The van der Waals surface area contributed by atoms with Gasteiger partial charge in [-0.3, -0.25) is 14.4 Å². The standard InChI is InChI=1S/C20H27N5O5S2.C8H12N2O3S.2Na/c1-20(2)14(18(28)29)25-16(27)13(17(25)32-20)23-15(26)12(11-9-31-19(21)22-11)24-30-10-7-5-3-4-6-8-10;1-8(2)4(7(12)13)10-5(11)3(9)6(10)14-8;;/h9-10,13-14,17H,3-8H2,1-2H3,(H2,21,22)(H,23,26)(H,28,29);3-4,6H,9H2,1-2H3,(H,12,13);;/q;;2*+1/p-2/b24-12-;;;/t13-,14-,17+;3-,4+,6-;;/m01../s1. The molecule has 4 aliphatic heterocycles. The fourth-order valence-electron chi connectivity index (χ4n) is 6.43. The number of thiazole rings is 1. The molecule has 5 N–H and O–H groups in total. The van der Waals surface area contributed by atoms with E-state index in [-0.39, 0.29) is 93.0 Å². The number of carboxylic acids is 2. The molecule has 15 nitrogen and oxygen atoms in total. The molecule has 252 valence electrons. The molecule has 0 aromatic carbocycles. The number of carbonyl (C=O) groups is 5. The molecule has 1 aliphatic carbocycles. The number of rotatable bonds is 7. The van der Waals surface area contributed by atoms with Crippen LogP contribution >= 0.6 is 34.9 Å². The number of β-lactam (4-membered cyclic amide) rings is 2. The Balaban J connectivity index is 0.000000329. The van der Waals surface area contributed by atoms with Crippen molar-refractivity contribution in [3.63, 3.8) is 0 Å². The second-order valence-electron chi connectivity index (χ2n) is 12.9. The summed E-state index contributed by atoms with van der Waals surface area (Å²) in [5, 5.41) is 30.5. The van der Waals surface area contributed by atoms with Crippen LogP contribution in [0.15, 0.2) is 10.5 Å². The van der Waals surface area contributed by atoms with Crippen LogP contribution in [0.4, 0.5) is 5.13 Å². The van der Waals surface area contributed by atoms with Crippen LogP contribution in [0, 0.1) is 0 Å². The maximum absolute atomic E-state index is 13.1. The Labute approximate surface area is 335 Å². The van der Waals surface area contributed by atoms with Gasteiger partial charge in [-0.1, -0.05) is 18.0 Å². The SMILES string of the molecule is CC1(C)S[C@@H]2[C@@H](NC(=O)/C(=N\OC3CCCCCC3)c3csc(N)n3)C(=O)N2[C@H]1C(=O)[O-].CC1(C)S[C@@H]2[C@H](N)C(=O)N2[C@H]1C(=O)[O-].[Na+].[Na+]. The number of hydrogen-bond donors (Lipinski definition) is 3. The number of nitrogens with two attached hydrogens (primary N) is 2. The van der Waals surface area contributed by atoms with Crippen molar-refractivity contribution in [3.05, 3.63) is 11.1 Å². The molecular formula is C28H37N7Na2O8S3. The Kier molecular flexibility index (Phi) is 13.8. The minimum absolute atomic E-state index is 0.